The monoisotopic (exact) mass is 257 g/mol. The maximum atomic E-state index is 11.7. The molecule has 0 saturated carbocycles. The lowest BCUT2D eigenvalue weighted by Crippen LogP contribution is -2.38. The summed E-state index contributed by atoms with van der Waals surface area (Å²) in [5, 5.41) is 13.4. The number of aromatic nitrogens is 2. The molecule has 1 aromatic heterocycles. The van der Waals surface area contributed by atoms with Crippen molar-refractivity contribution in [3.8, 4) is 0 Å². The molecule has 1 saturated heterocycles. The van der Waals surface area contributed by atoms with Crippen LogP contribution in [-0.2, 0) is 7.05 Å². The van der Waals surface area contributed by atoms with Gasteiger partial charge in [-0.15, -0.1) is 0 Å². The van der Waals surface area contributed by atoms with Crippen molar-refractivity contribution in [3.05, 3.63) is 21.6 Å². The van der Waals surface area contributed by atoms with Crippen molar-refractivity contribution >= 4 is 17.3 Å². The summed E-state index contributed by atoms with van der Waals surface area (Å²) in [4.78, 5) is 13.7. The molecule has 0 bridgehead atoms. The summed E-state index contributed by atoms with van der Waals surface area (Å²) in [6, 6.07) is 0. The SMILES string of the molecule is Cn1ncc(N2CCC[C@H](CO)C2)c(Cl)c1=O. The molecule has 1 N–H and O–H groups in total. The Bertz CT molecular complexity index is 461. The number of hydrogen-bond donors (Lipinski definition) is 1. The molecular weight excluding hydrogens is 242 g/mol. The van der Waals surface area contributed by atoms with Crippen LogP contribution < -0.4 is 10.5 Å². The number of hydrogen-bond acceptors (Lipinski definition) is 4. The molecule has 17 heavy (non-hydrogen) atoms. The molecule has 1 atom stereocenters. The maximum absolute atomic E-state index is 11.7. The summed E-state index contributed by atoms with van der Waals surface area (Å²) in [5.41, 5.74) is 0.392. The van der Waals surface area contributed by atoms with Crippen LogP contribution in [-0.4, -0.2) is 34.6 Å². The predicted octanol–water partition coefficient (Wildman–Crippen LogP) is 0.642. The van der Waals surface area contributed by atoms with Crippen molar-refractivity contribution in [1.82, 2.24) is 9.78 Å². The van der Waals surface area contributed by atoms with E-state index in [1.54, 1.807) is 13.2 Å². The van der Waals surface area contributed by atoms with E-state index in [0.717, 1.165) is 25.9 Å². The zero-order valence-corrected chi connectivity index (χ0v) is 10.5. The third kappa shape index (κ3) is 2.45. The molecule has 0 aromatic carbocycles. The second-order valence-electron chi connectivity index (χ2n) is 4.41. The first-order valence-corrected chi connectivity index (χ1v) is 6.09. The molecule has 2 heterocycles. The number of anilines is 1. The van der Waals surface area contributed by atoms with E-state index in [1.165, 1.54) is 4.68 Å². The van der Waals surface area contributed by atoms with Gasteiger partial charge in [0.2, 0.25) is 0 Å². The quantitative estimate of drug-likeness (QED) is 0.845. The fraction of sp³-hybridized carbons (Fsp3) is 0.636. The van der Waals surface area contributed by atoms with Gasteiger partial charge in [0.25, 0.3) is 5.56 Å². The Morgan fingerprint density at radius 2 is 2.41 bits per heavy atom. The lowest BCUT2D eigenvalue weighted by molar-refractivity contribution is 0.208. The first kappa shape index (κ1) is 12.4. The second kappa shape index (κ2) is 5.06. The van der Waals surface area contributed by atoms with Crippen molar-refractivity contribution in [2.45, 2.75) is 12.8 Å². The largest absolute Gasteiger partial charge is 0.396 e. The Kier molecular flexibility index (Phi) is 3.69. The number of halogens is 1. The summed E-state index contributed by atoms with van der Waals surface area (Å²) in [6.45, 7) is 1.75. The van der Waals surface area contributed by atoms with Crippen molar-refractivity contribution in [3.63, 3.8) is 0 Å². The fourth-order valence-electron chi connectivity index (χ4n) is 2.16. The van der Waals surface area contributed by atoms with Gasteiger partial charge in [-0.2, -0.15) is 5.10 Å². The molecule has 2 rings (SSSR count). The summed E-state index contributed by atoms with van der Waals surface area (Å²) < 4.78 is 1.22. The van der Waals surface area contributed by atoms with Gasteiger partial charge in [0.1, 0.15) is 5.02 Å². The van der Waals surface area contributed by atoms with E-state index < -0.39 is 0 Å². The topological polar surface area (TPSA) is 58.4 Å². The lowest BCUT2D eigenvalue weighted by atomic mass is 9.99. The van der Waals surface area contributed by atoms with Crippen LogP contribution in [0.4, 0.5) is 5.69 Å². The number of piperidine rings is 1. The Hall–Kier alpha value is -1.07. The molecule has 1 aliphatic rings. The van der Waals surface area contributed by atoms with Crippen LogP contribution in [0.3, 0.4) is 0 Å². The molecule has 6 heteroatoms. The summed E-state index contributed by atoms with van der Waals surface area (Å²) in [6.07, 6.45) is 3.63. The highest BCUT2D eigenvalue weighted by atomic mass is 35.5. The summed E-state index contributed by atoms with van der Waals surface area (Å²) in [7, 11) is 1.57. The standard InChI is InChI=1S/C11H16ClN3O2/c1-14-11(17)10(12)9(5-13-14)15-4-2-3-8(6-15)7-16/h5,8,16H,2-4,6-7H2,1H3/t8-/m0/s1. The van der Waals surface area contributed by atoms with E-state index in [1.807, 2.05) is 4.90 Å². The first-order valence-electron chi connectivity index (χ1n) is 5.71. The third-order valence-corrected chi connectivity index (χ3v) is 3.53. The Labute approximate surface area is 105 Å². The third-order valence-electron chi connectivity index (χ3n) is 3.18. The Balaban J connectivity index is 2.28. The van der Waals surface area contributed by atoms with Crippen LogP contribution in [0, 0.1) is 5.92 Å². The number of rotatable bonds is 2. The van der Waals surface area contributed by atoms with Crippen LogP contribution in [0.1, 0.15) is 12.8 Å². The molecule has 0 spiro atoms. The molecule has 94 valence electrons. The van der Waals surface area contributed by atoms with Crippen LogP contribution in [0.5, 0.6) is 0 Å². The molecular formula is C11H16ClN3O2. The average molecular weight is 258 g/mol. The highest BCUT2D eigenvalue weighted by Crippen LogP contribution is 2.26. The first-order chi connectivity index (χ1) is 8.13. The van der Waals surface area contributed by atoms with Crippen LogP contribution in [0.25, 0.3) is 0 Å². The van der Waals surface area contributed by atoms with Crippen molar-refractivity contribution in [1.29, 1.82) is 0 Å². The smallest absolute Gasteiger partial charge is 0.287 e. The average Bonchev–Trinajstić information content (AvgIpc) is 2.36. The van der Waals surface area contributed by atoms with Crippen molar-refractivity contribution in [2.24, 2.45) is 13.0 Å². The molecule has 0 unspecified atom stereocenters. The summed E-state index contributed by atoms with van der Waals surface area (Å²) in [5.74, 6) is 0.254. The van der Waals surface area contributed by atoms with Gasteiger partial charge in [-0.3, -0.25) is 4.79 Å². The fourth-order valence-corrected chi connectivity index (χ4v) is 2.45. The van der Waals surface area contributed by atoms with Gasteiger partial charge in [0, 0.05) is 26.7 Å². The molecule has 0 radical (unpaired) electrons. The Morgan fingerprint density at radius 3 is 3.12 bits per heavy atom. The molecule has 1 fully saturated rings. The molecule has 1 aliphatic heterocycles. The van der Waals surface area contributed by atoms with Crippen LogP contribution in [0.15, 0.2) is 11.0 Å². The van der Waals surface area contributed by atoms with Crippen LogP contribution >= 0.6 is 11.6 Å². The second-order valence-corrected chi connectivity index (χ2v) is 4.79. The number of aliphatic hydroxyl groups excluding tert-OH is 1. The lowest BCUT2D eigenvalue weighted by Gasteiger charge is -2.33. The van der Waals surface area contributed by atoms with Gasteiger partial charge < -0.3 is 10.0 Å². The Morgan fingerprint density at radius 1 is 1.65 bits per heavy atom. The number of aryl methyl sites for hydroxylation is 1. The molecule has 1 aromatic rings. The summed E-state index contributed by atoms with van der Waals surface area (Å²) >= 11 is 6.05. The van der Waals surface area contributed by atoms with E-state index >= 15 is 0 Å². The maximum Gasteiger partial charge on any atom is 0.287 e. The van der Waals surface area contributed by atoms with Gasteiger partial charge in [-0.05, 0) is 18.8 Å². The van der Waals surface area contributed by atoms with E-state index in [0.29, 0.717) is 5.69 Å². The van der Waals surface area contributed by atoms with Crippen molar-refractivity contribution in [2.75, 3.05) is 24.6 Å². The zero-order chi connectivity index (χ0) is 12.4. The van der Waals surface area contributed by atoms with Gasteiger partial charge in [0.15, 0.2) is 0 Å². The molecule has 0 amide bonds. The van der Waals surface area contributed by atoms with Gasteiger partial charge in [0.05, 0.1) is 11.9 Å². The van der Waals surface area contributed by atoms with Crippen molar-refractivity contribution < 1.29 is 5.11 Å². The van der Waals surface area contributed by atoms with E-state index in [9.17, 15) is 9.90 Å². The molecule has 0 aliphatic carbocycles. The van der Waals surface area contributed by atoms with Crippen LogP contribution in [0.2, 0.25) is 5.02 Å². The van der Waals surface area contributed by atoms with Gasteiger partial charge in [-0.25, -0.2) is 4.68 Å². The minimum Gasteiger partial charge on any atom is -0.396 e. The van der Waals surface area contributed by atoms with E-state index in [-0.39, 0.29) is 23.1 Å². The van der Waals surface area contributed by atoms with E-state index in [2.05, 4.69) is 5.10 Å². The minimum absolute atomic E-state index is 0.173. The minimum atomic E-state index is -0.282. The highest BCUT2D eigenvalue weighted by molar-refractivity contribution is 6.33. The van der Waals surface area contributed by atoms with Gasteiger partial charge >= 0.3 is 0 Å². The molecule has 5 nitrogen and oxygen atoms in total. The van der Waals surface area contributed by atoms with E-state index in [4.69, 9.17) is 11.6 Å². The number of aliphatic hydroxyl groups is 1. The highest BCUT2D eigenvalue weighted by Gasteiger charge is 2.22. The zero-order valence-electron chi connectivity index (χ0n) is 9.77. The van der Waals surface area contributed by atoms with Gasteiger partial charge in [-0.1, -0.05) is 11.6 Å². The predicted molar refractivity (Wildman–Crippen MR) is 66.5 cm³/mol. The number of nitrogens with zero attached hydrogens (tertiary/aromatic N) is 3. The normalized spacial score (nSPS) is 20.6.